The summed E-state index contributed by atoms with van der Waals surface area (Å²) in [7, 11) is 1.91. The molecule has 0 bridgehead atoms. The van der Waals surface area contributed by atoms with Gasteiger partial charge in [0.1, 0.15) is 24.4 Å². The highest BCUT2D eigenvalue weighted by atomic mass is 32.2. The first-order chi connectivity index (χ1) is 19.2. The quantitative estimate of drug-likeness (QED) is 0.0886. The first-order valence-corrected chi connectivity index (χ1v) is 14.6. The highest BCUT2D eigenvalue weighted by molar-refractivity contribution is 8.07. The van der Waals surface area contributed by atoms with Gasteiger partial charge in [-0.05, 0) is 0 Å². The highest BCUT2D eigenvalue weighted by Gasteiger charge is 2.37. The number of anilines is 1. The molecule has 1 aliphatic rings. The second kappa shape index (κ2) is 12.9. The number of hydrogen-bond acceptors (Lipinski definition) is 14. The molecule has 40 heavy (non-hydrogen) atoms. The predicted octanol–water partition coefficient (Wildman–Crippen LogP) is 1.25. The number of nitrogens with two attached hydrogens (primary N) is 1. The summed E-state index contributed by atoms with van der Waals surface area (Å²) in [5.74, 6) is -3.67. The molecule has 2 atom stereocenters. The van der Waals surface area contributed by atoms with Gasteiger partial charge >= 0.3 is 11.9 Å². The van der Waals surface area contributed by atoms with E-state index in [0.29, 0.717) is 9.24 Å². The molecule has 1 aliphatic heterocycles. The highest BCUT2D eigenvalue weighted by Crippen LogP contribution is 2.38. The molecule has 0 spiro atoms. The van der Waals surface area contributed by atoms with Gasteiger partial charge in [-0.15, -0.1) is 23.1 Å². The van der Waals surface area contributed by atoms with Gasteiger partial charge in [-0.1, -0.05) is 23.5 Å². The number of hydrogen-bond donors (Lipinski definition) is 5. The van der Waals surface area contributed by atoms with Crippen molar-refractivity contribution >= 4 is 75.1 Å². The molecule has 3 aromatic heterocycles. The molecule has 0 radical (unpaired) electrons. The summed E-state index contributed by atoms with van der Waals surface area (Å²) in [6.45, 7) is 3.34. The number of carboxylic acid groups (broad SMARTS) is 2. The van der Waals surface area contributed by atoms with Crippen molar-refractivity contribution in [1.29, 1.82) is 0 Å². The number of nitrogens with zero attached hydrogens (tertiary/aromatic N) is 5. The molecule has 0 saturated carbocycles. The van der Waals surface area contributed by atoms with Gasteiger partial charge in [0.05, 0.1) is 5.69 Å². The fourth-order valence-electron chi connectivity index (χ4n) is 3.24. The van der Waals surface area contributed by atoms with E-state index in [1.807, 2.05) is 41.5 Å². The van der Waals surface area contributed by atoms with Crippen molar-refractivity contribution in [2.45, 2.75) is 15.8 Å². The molecule has 0 saturated heterocycles. The molecule has 0 aromatic carbocycles. The second-order valence-electron chi connectivity index (χ2n) is 7.79. The Morgan fingerprint density at radius 3 is 2.73 bits per heavy atom. The summed E-state index contributed by atoms with van der Waals surface area (Å²) in [4.78, 5) is 50.9. The lowest BCUT2D eigenvalue weighted by Crippen LogP contribution is -2.55. The van der Waals surface area contributed by atoms with Gasteiger partial charge in [-0.2, -0.15) is 9.36 Å². The average Bonchev–Trinajstić information content (AvgIpc) is 3.57. The third-order valence-corrected chi connectivity index (χ3v) is 9.05. The Hall–Kier alpha value is -4.00. The van der Waals surface area contributed by atoms with Crippen LogP contribution in [0.3, 0.4) is 0 Å². The summed E-state index contributed by atoms with van der Waals surface area (Å²) in [5.41, 5.74) is 6.64. The maximum atomic E-state index is 13.0. The number of carbonyl (C=O) groups excluding carboxylic acids is 1. The van der Waals surface area contributed by atoms with Gasteiger partial charge in [0.25, 0.3) is 5.91 Å². The van der Waals surface area contributed by atoms with Gasteiger partial charge in [-0.25, -0.2) is 19.1 Å². The Kier molecular flexibility index (Phi) is 9.35. The molecule has 208 valence electrons. The number of thiazole rings is 1. The van der Waals surface area contributed by atoms with Gasteiger partial charge in [0, 0.05) is 45.3 Å². The van der Waals surface area contributed by atoms with Crippen LogP contribution in [-0.4, -0.2) is 65.3 Å². The van der Waals surface area contributed by atoms with Crippen LogP contribution < -0.4 is 20.9 Å². The lowest BCUT2D eigenvalue weighted by atomic mass is 10.2. The van der Waals surface area contributed by atoms with Crippen molar-refractivity contribution in [3.63, 3.8) is 0 Å². The normalized spacial score (nSPS) is 16.1. The van der Waals surface area contributed by atoms with E-state index < -0.39 is 35.0 Å². The summed E-state index contributed by atoms with van der Waals surface area (Å²) in [5, 5.41) is 29.3. The monoisotopic (exact) mass is 621 g/mol. The maximum Gasteiger partial charge on any atom is 0.352 e. The molecule has 1 amide bonds. The Morgan fingerprint density at radius 2 is 2.10 bits per heavy atom. The minimum absolute atomic E-state index is 0.0554. The number of aromatic nitrogens is 4. The number of aliphatic carboxylic acids is 2. The van der Waals surface area contributed by atoms with Crippen molar-refractivity contribution in [1.82, 2.24) is 25.0 Å². The Balaban J connectivity index is 1.52. The summed E-state index contributed by atoms with van der Waals surface area (Å²) >= 11 is 4.46. The number of thioether (sulfide) groups is 2. The summed E-state index contributed by atoms with van der Waals surface area (Å²) in [6.07, 6.45) is 4.75. The van der Waals surface area contributed by atoms with E-state index in [-0.39, 0.29) is 22.4 Å². The van der Waals surface area contributed by atoms with Crippen LogP contribution in [0.15, 0.2) is 62.8 Å². The number of pyridine rings is 1. The molecular weight excluding hydrogens is 601 g/mol. The predicted molar refractivity (Wildman–Crippen MR) is 150 cm³/mol. The number of oxime groups is 1. The number of carbonyl (C=O) groups is 3. The Morgan fingerprint density at radius 1 is 1.35 bits per heavy atom. The zero-order valence-corrected chi connectivity index (χ0v) is 23.8. The van der Waals surface area contributed by atoms with E-state index in [2.05, 4.69) is 36.7 Å². The fraction of sp³-hybridized carbons (Fsp3) is 0.182. The minimum atomic E-state index is -1.56. The zero-order chi connectivity index (χ0) is 28.8. The molecule has 2 unspecified atom stereocenters. The van der Waals surface area contributed by atoms with Crippen LogP contribution in [0, 0.1) is 0 Å². The average molecular weight is 622 g/mol. The van der Waals surface area contributed by atoms with E-state index in [1.54, 1.807) is 0 Å². The van der Waals surface area contributed by atoms with Crippen LogP contribution in [0.4, 0.5) is 5.13 Å². The van der Waals surface area contributed by atoms with Gasteiger partial charge in [0.2, 0.25) is 11.5 Å². The van der Waals surface area contributed by atoms with Crippen LogP contribution in [0.1, 0.15) is 5.82 Å². The van der Waals surface area contributed by atoms with Crippen LogP contribution in [0.2, 0.25) is 0 Å². The minimum Gasteiger partial charge on any atom is -0.480 e. The van der Waals surface area contributed by atoms with Crippen molar-refractivity contribution in [2.24, 2.45) is 12.2 Å². The van der Waals surface area contributed by atoms with Crippen molar-refractivity contribution in [2.75, 3.05) is 11.5 Å². The fourth-order valence-corrected chi connectivity index (χ4v) is 6.96. The van der Waals surface area contributed by atoms with Gasteiger partial charge < -0.3 is 31.4 Å². The molecule has 18 heteroatoms. The van der Waals surface area contributed by atoms with E-state index in [9.17, 15) is 24.6 Å². The van der Waals surface area contributed by atoms with E-state index in [4.69, 9.17) is 10.6 Å². The van der Waals surface area contributed by atoms with Crippen LogP contribution >= 0.6 is 46.4 Å². The molecule has 4 rings (SSSR count). The van der Waals surface area contributed by atoms with Crippen LogP contribution in [-0.2, 0) is 26.3 Å². The smallest absolute Gasteiger partial charge is 0.352 e. The van der Waals surface area contributed by atoms with E-state index in [0.717, 1.165) is 40.8 Å². The third-order valence-electron chi connectivity index (χ3n) is 5.08. The first-order valence-electron chi connectivity index (χ1n) is 11.1. The first kappa shape index (κ1) is 29.0. The van der Waals surface area contributed by atoms with Gasteiger partial charge in [-0.3, -0.25) is 4.79 Å². The van der Waals surface area contributed by atoms with Crippen molar-refractivity contribution in [3.8, 4) is 11.3 Å². The molecule has 0 fully saturated rings. The van der Waals surface area contributed by atoms with Crippen LogP contribution in [0.25, 0.3) is 11.3 Å². The van der Waals surface area contributed by atoms with E-state index in [1.165, 1.54) is 23.1 Å². The lowest BCUT2D eigenvalue weighted by Gasteiger charge is -2.31. The molecule has 6 N–H and O–H groups in total. The summed E-state index contributed by atoms with van der Waals surface area (Å²) in [6, 6.07) is 2.29. The third kappa shape index (κ3) is 6.95. The van der Waals surface area contributed by atoms with Crippen molar-refractivity contribution < 1.29 is 34.0 Å². The standard InChI is InChI=1S/C22H20N8O6S4/c1-3-36-28-14(16-27-21(23)40-29-16)17(31)25-15(20(34)35)18-26-13(19(32)33)12(9-37-18)39-22-24-11(8-38-22)10-4-6-30(2)7-5-10/h3-8,15,18,26H,1,9H2,2H3,(H4-,23,25,27,29,31,32,33,34,35)/p+1/b28-14-. The zero-order valence-electron chi connectivity index (χ0n) is 20.5. The molecular formula is C22H21N8O6S4+. The van der Waals surface area contributed by atoms with Gasteiger partial charge in [0.15, 0.2) is 27.9 Å². The lowest BCUT2D eigenvalue weighted by molar-refractivity contribution is -0.671. The topological polar surface area (TPSA) is 206 Å². The SMILES string of the molecule is C=CO/N=C(\C(=O)NC(C(=O)O)C1NC(C(=O)O)=C(Sc2nc(-c3cc[n+](C)cc3)cs2)CS1)c1nsc(N)n1. The Bertz CT molecular complexity index is 1500. The molecule has 3 aromatic rings. The summed E-state index contributed by atoms with van der Waals surface area (Å²) < 4.78 is 6.43. The maximum absolute atomic E-state index is 13.0. The molecule has 0 aliphatic carbocycles. The number of nitrogen functional groups attached to an aromatic ring is 1. The molecule has 14 nitrogen and oxygen atoms in total. The van der Waals surface area contributed by atoms with Crippen molar-refractivity contribution in [3.05, 3.63) is 59.2 Å². The van der Waals surface area contributed by atoms with E-state index >= 15 is 0 Å². The second-order valence-corrected chi connectivity index (χ2v) is 11.9. The molecule has 4 heterocycles. The number of carboxylic acids is 2. The largest absolute Gasteiger partial charge is 0.480 e. The number of nitrogens with one attached hydrogen (secondary N) is 2. The Labute approximate surface area is 243 Å². The number of amides is 1. The number of rotatable bonds is 11. The number of aryl methyl sites for hydroxylation is 1. The van der Waals surface area contributed by atoms with Crippen LogP contribution in [0.5, 0.6) is 0 Å².